The number of hydrogen-bond donors (Lipinski definition) is 0. The number of allylic oxidation sites excluding steroid dienone is 2. The lowest BCUT2D eigenvalue weighted by molar-refractivity contribution is 0.240. The molecule has 0 spiro atoms. The predicted molar refractivity (Wildman–Crippen MR) is 120 cm³/mol. The Morgan fingerprint density at radius 3 is 2.33 bits per heavy atom. The lowest BCUT2D eigenvalue weighted by Crippen LogP contribution is -2.37. The zero-order valence-electron chi connectivity index (χ0n) is 17.0. The summed E-state index contributed by atoms with van der Waals surface area (Å²) in [4.78, 5) is 2.63. The first-order valence-corrected chi connectivity index (χ1v) is 12.7. The van der Waals surface area contributed by atoms with Crippen LogP contribution < -0.4 is 4.78 Å². The van der Waals surface area contributed by atoms with Gasteiger partial charge in [-0.3, -0.25) is 4.67 Å². The third-order valence-corrected chi connectivity index (χ3v) is 10.9. The van der Waals surface area contributed by atoms with Crippen LogP contribution in [0.2, 0.25) is 0 Å². The second-order valence-electron chi connectivity index (χ2n) is 8.92. The van der Waals surface area contributed by atoms with E-state index in [9.17, 15) is 0 Å². The molecule has 6 heteroatoms. The van der Waals surface area contributed by atoms with E-state index >= 15 is 0 Å². The fraction of sp³-hybridized carbons (Fsp3) is 0.571. The van der Waals surface area contributed by atoms with Crippen LogP contribution in [0, 0.1) is 5.41 Å². The third kappa shape index (κ3) is 3.28. The number of benzene rings is 1. The average Bonchev–Trinajstić information content (AvgIpc) is 2.95. The fourth-order valence-electron chi connectivity index (χ4n) is 4.56. The average molecular weight is 403 g/mol. The molecule has 0 amide bonds. The topological polar surface area (TPSA) is 22.1 Å². The summed E-state index contributed by atoms with van der Waals surface area (Å²) in [6.45, 7) is 7.08. The van der Waals surface area contributed by atoms with Gasteiger partial charge in [0.2, 0.25) is 0 Å². The van der Waals surface area contributed by atoms with E-state index in [2.05, 4.69) is 72.6 Å². The maximum absolute atomic E-state index is 6.48. The Morgan fingerprint density at radius 1 is 1.04 bits per heavy atom. The highest BCUT2D eigenvalue weighted by Crippen LogP contribution is 2.68. The van der Waals surface area contributed by atoms with E-state index in [0.717, 1.165) is 31.6 Å². The van der Waals surface area contributed by atoms with Crippen molar-refractivity contribution in [3.63, 3.8) is 0 Å². The van der Waals surface area contributed by atoms with E-state index < -0.39 is 6.34 Å². The Labute approximate surface area is 169 Å². The van der Waals surface area contributed by atoms with Gasteiger partial charge in [-0.15, -0.1) is 0 Å². The predicted octanol–water partition coefficient (Wildman–Crippen LogP) is 5.25. The Balaban J connectivity index is 1.90. The Hall–Kier alpha value is -1.16. The van der Waals surface area contributed by atoms with Gasteiger partial charge < -0.3 is 4.90 Å². The highest BCUT2D eigenvalue weighted by molar-refractivity contribution is 8.16. The molecule has 1 saturated heterocycles. The van der Waals surface area contributed by atoms with E-state index in [0.29, 0.717) is 0 Å². The van der Waals surface area contributed by atoms with Crippen molar-refractivity contribution in [1.82, 2.24) is 9.57 Å². The van der Waals surface area contributed by atoms with Crippen LogP contribution in [0.4, 0.5) is 5.69 Å². The SMILES string of the molecule is CN(C)P1(=S)C2=C(N3CCCCC3)CC(C)(C)CC2=NN1c1ccccc1. The molecule has 0 radical (unpaired) electrons. The van der Waals surface area contributed by atoms with Gasteiger partial charge in [0.25, 0.3) is 0 Å². The molecule has 1 atom stereocenters. The maximum atomic E-state index is 6.48. The van der Waals surface area contributed by atoms with Gasteiger partial charge in [-0.05, 0) is 63.7 Å². The molecule has 4 nitrogen and oxygen atoms in total. The van der Waals surface area contributed by atoms with Crippen LogP contribution in [0.15, 0.2) is 46.4 Å². The van der Waals surface area contributed by atoms with Crippen LogP contribution in [0.5, 0.6) is 0 Å². The van der Waals surface area contributed by atoms with E-state index in [1.807, 2.05) is 0 Å². The van der Waals surface area contributed by atoms with Gasteiger partial charge in [-0.25, -0.2) is 4.78 Å². The van der Waals surface area contributed by atoms with Crippen LogP contribution >= 0.6 is 6.34 Å². The summed E-state index contributed by atoms with van der Waals surface area (Å²) in [6.07, 6.45) is 3.89. The van der Waals surface area contributed by atoms with E-state index in [4.69, 9.17) is 16.9 Å². The summed E-state index contributed by atoms with van der Waals surface area (Å²) < 4.78 is 4.45. The zero-order valence-corrected chi connectivity index (χ0v) is 18.7. The second-order valence-corrected chi connectivity index (χ2v) is 13.2. The Kier molecular flexibility index (Phi) is 4.99. The lowest BCUT2D eigenvalue weighted by Gasteiger charge is -2.43. The van der Waals surface area contributed by atoms with Crippen molar-refractivity contribution in [3.8, 4) is 0 Å². The summed E-state index contributed by atoms with van der Waals surface area (Å²) in [7, 11) is 4.27. The number of hydrazone groups is 1. The van der Waals surface area contributed by atoms with Crippen LogP contribution in [-0.4, -0.2) is 42.5 Å². The molecule has 27 heavy (non-hydrogen) atoms. The molecule has 2 aliphatic heterocycles. The number of nitrogens with zero attached hydrogens (tertiary/aromatic N) is 4. The first-order chi connectivity index (χ1) is 12.8. The molecule has 4 rings (SSSR count). The van der Waals surface area contributed by atoms with E-state index in [1.165, 1.54) is 36.0 Å². The van der Waals surface area contributed by atoms with Crippen molar-refractivity contribution in [2.75, 3.05) is 32.0 Å². The number of anilines is 1. The molecule has 1 aromatic rings. The van der Waals surface area contributed by atoms with Gasteiger partial charge in [0.05, 0.1) is 16.7 Å². The van der Waals surface area contributed by atoms with Crippen molar-refractivity contribution in [1.29, 1.82) is 0 Å². The summed E-state index contributed by atoms with van der Waals surface area (Å²) in [5.41, 5.74) is 4.06. The van der Waals surface area contributed by atoms with Crippen LogP contribution in [0.25, 0.3) is 0 Å². The summed E-state index contributed by atoms with van der Waals surface area (Å²) in [5.74, 6) is 0. The van der Waals surface area contributed by atoms with Gasteiger partial charge >= 0.3 is 0 Å². The largest absolute Gasteiger partial charge is 0.374 e. The molecule has 0 N–H and O–H groups in total. The molecule has 0 bridgehead atoms. The first kappa shape index (κ1) is 19.2. The Morgan fingerprint density at radius 2 is 1.70 bits per heavy atom. The number of fused-ring (bicyclic) bond motifs is 1. The molecule has 0 saturated carbocycles. The normalized spacial score (nSPS) is 27.8. The quantitative estimate of drug-likeness (QED) is 0.644. The third-order valence-electron chi connectivity index (χ3n) is 5.87. The molecule has 3 aliphatic rings. The van der Waals surface area contributed by atoms with Gasteiger partial charge in [0.1, 0.15) is 0 Å². The summed E-state index contributed by atoms with van der Waals surface area (Å²) >= 11 is 6.48. The van der Waals surface area contributed by atoms with Gasteiger partial charge in [0.15, 0.2) is 6.34 Å². The molecule has 146 valence electrons. The molecule has 2 heterocycles. The van der Waals surface area contributed by atoms with Gasteiger partial charge in [0, 0.05) is 18.8 Å². The van der Waals surface area contributed by atoms with Crippen LogP contribution in [-0.2, 0) is 11.8 Å². The molecular formula is C21H31N4PS. The smallest absolute Gasteiger partial charge is 0.153 e. The Bertz CT molecular complexity index is 822. The van der Waals surface area contributed by atoms with Gasteiger partial charge in [-0.1, -0.05) is 43.9 Å². The fourth-order valence-corrected chi connectivity index (χ4v) is 8.21. The molecule has 1 aliphatic carbocycles. The summed E-state index contributed by atoms with van der Waals surface area (Å²) in [6, 6.07) is 10.5. The molecule has 1 fully saturated rings. The van der Waals surface area contributed by atoms with Crippen molar-refractivity contribution in [2.45, 2.75) is 46.0 Å². The number of likely N-dealkylation sites (tertiary alicyclic amines) is 1. The maximum Gasteiger partial charge on any atom is 0.153 e. The lowest BCUT2D eigenvalue weighted by atomic mass is 9.78. The van der Waals surface area contributed by atoms with Crippen LogP contribution in [0.1, 0.15) is 46.0 Å². The number of para-hydroxylation sites is 1. The first-order valence-electron chi connectivity index (χ1n) is 10.0. The minimum Gasteiger partial charge on any atom is -0.374 e. The number of piperidine rings is 1. The molecule has 0 aromatic heterocycles. The summed E-state index contributed by atoms with van der Waals surface area (Å²) in [5, 5.41) is 6.55. The highest BCUT2D eigenvalue weighted by Gasteiger charge is 2.48. The monoisotopic (exact) mass is 402 g/mol. The van der Waals surface area contributed by atoms with Gasteiger partial charge in [-0.2, -0.15) is 5.10 Å². The van der Waals surface area contributed by atoms with Crippen molar-refractivity contribution < 1.29 is 0 Å². The minimum atomic E-state index is -2.15. The molecule has 1 unspecified atom stereocenters. The van der Waals surface area contributed by atoms with E-state index in [1.54, 1.807) is 0 Å². The van der Waals surface area contributed by atoms with Crippen molar-refractivity contribution in [3.05, 3.63) is 41.3 Å². The van der Waals surface area contributed by atoms with E-state index in [-0.39, 0.29) is 5.41 Å². The second kappa shape index (κ2) is 7.02. The van der Waals surface area contributed by atoms with Crippen molar-refractivity contribution in [2.24, 2.45) is 10.5 Å². The van der Waals surface area contributed by atoms with Crippen LogP contribution in [0.3, 0.4) is 0 Å². The number of rotatable bonds is 3. The van der Waals surface area contributed by atoms with Crippen molar-refractivity contribution >= 4 is 29.5 Å². The standard InChI is InChI=1S/C21H31N4PS/c1-21(2)15-18-20(19(16-21)24-13-9-6-10-14-24)26(27,23(3)4)25(22-18)17-11-7-5-8-12-17/h5,7-8,11-12H,6,9-10,13-16H2,1-4H3. The molecular weight excluding hydrogens is 371 g/mol. The number of hydrogen-bond acceptors (Lipinski definition) is 3. The highest BCUT2D eigenvalue weighted by atomic mass is 32.4. The zero-order chi connectivity index (χ0) is 19.2. The molecule has 1 aromatic carbocycles. The minimum absolute atomic E-state index is 0.230.